The number of carbonyl (C=O) groups is 1. The fourth-order valence-corrected chi connectivity index (χ4v) is 1.03. The molecule has 2 nitrogen and oxygen atoms in total. The Labute approximate surface area is 79.2 Å². The molecule has 1 aromatic carbocycles. The predicted molar refractivity (Wildman–Crippen MR) is 54.2 cm³/mol. The second-order valence-corrected chi connectivity index (χ2v) is 3.09. The van der Waals surface area contributed by atoms with E-state index in [2.05, 4.69) is 0 Å². The van der Waals surface area contributed by atoms with Crippen LogP contribution in [-0.2, 0) is 0 Å². The summed E-state index contributed by atoms with van der Waals surface area (Å²) in [5.41, 5.74) is 1.43. The molecular weight excluding hydrogens is 164 g/mol. The van der Waals surface area contributed by atoms with Gasteiger partial charge in [-0.3, -0.25) is 0 Å². The minimum atomic E-state index is -0.863. The van der Waals surface area contributed by atoms with Crippen LogP contribution in [0.4, 0.5) is 0 Å². The van der Waals surface area contributed by atoms with Gasteiger partial charge in [0.25, 0.3) is 0 Å². The number of carboxylic acids is 1. The predicted octanol–water partition coefficient (Wildman–Crippen LogP) is 3.14. The minimum absolute atomic E-state index is 0. The van der Waals surface area contributed by atoms with Gasteiger partial charge in [-0.25, -0.2) is 4.79 Å². The van der Waals surface area contributed by atoms with Crippen molar-refractivity contribution in [2.24, 2.45) is 0 Å². The molecule has 0 unspecified atom stereocenters. The maximum Gasteiger partial charge on any atom is 0.335 e. The van der Waals surface area contributed by atoms with E-state index in [9.17, 15) is 4.79 Å². The second-order valence-electron chi connectivity index (χ2n) is 3.09. The summed E-state index contributed by atoms with van der Waals surface area (Å²) in [5, 5.41) is 8.69. The molecule has 0 saturated heterocycles. The summed E-state index contributed by atoms with van der Waals surface area (Å²) < 4.78 is 0. The van der Waals surface area contributed by atoms with E-state index < -0.39 is 5.97 Å². The number of aromatic carboxylic acids is 1. The molecule has 72 valence electrons. The van der Waals surface area contributed by atoms with E-state index in [-0.39, 0.29) is 7.43 Å². The molecule has 0 fully saturated rings. The van der Waals surface area contributed by atoms with Gasteiger partial charge in [0.1, 0.15) is 0 Å². The molecule has 0 amide bonds. The average molecular weight is 180 g/mol. The van der Waals surface area contributed by atoms with Gasteiger partial charge < -0.3 is 5.11 Å². The molecule has 0 bridgehead atoms. The Kier molecular flexibility index (Phi) is 4.18. The molecule has 0 spiro atoms. The summed E-state index contributed by atoms with van der Waals surface area (Å²) in [6.45, 7) is 4.09. The van der Waals surface area contributed by atoms with E-state index in [0.717, 1.165) is 5.56 Å². The van der Waals surface area contributed by atoms with Crippen molar-refractivity contribution in [1.82, 2.24) is 0 Å². The van der Waals surface area contributed by atoms with Crippen molar-refractivity contribution in [3.63, 3.8) is 0 Å². The van der Waals surface area contributed by atoms with Crippen LogP contribution in [0.15, 0.2) is 24.3 Å². The van der Waals surface area contributed by atoms with Crippen molar-refractivity contribution in [3.05, 3.63) is 35.4 Å². The largest absolute Gasteiger partial charge is 0.478 e. The van der Waals surface area contributed by atoms with Crippen molar-refractivity contribution < 1.29 is 9.90 Å². The van der Waals surface area contributed by atoms with Gasteiger partial charge in [-0.2, -0.15) is 0 Å². The highest BCUT2D eigenvalue weighted by atomic mass is 16.4. The first-order chi connectivity index (χ1) is 5.61. The smallest absolute Gasteiger partial charge is 0.335 e. The first-order valence-electron chi connectivity index (χ1n) is 3.94. The Morgan fingerprint density at radius 2 is 2.00 bits per heavy atom. The normalized spacial score (nSPS) is 9.46. The molecule has 0 heterocycles. The van der Waals surface area contributed by atoms with E-state index in [1.807, 2.05) is 19.9 Å². The summed E-state index contributed by atoms with van der Waals surface area (Å²) in [7, 11) is 0. The third-order valence-electron chi connectivity index (χ3n) is 1.80. The van der Waals surface area contributed by atoms with Gasteiger partial charge in [0.05, 0.1) is 5.56 Å². The topological polar surface area (TPSA) is 37.3 Å². The molecular formula is C11H16O2. The zero-order chi connectivity index (χ0) is 9.14. The van der Waals surface area contributed by atoms with Crippen LogP contribution >= 0.6 is 0 Å². The quantitative estimate of drug-likeness (QED) is 0.759. The molecule has 1 aromatic rings. The molecule has 0 atom stereocenters. The Hall–Kier alpha value is -1.31. The van der Waals surface area contributed by atoms with Crippen molar-refractivity contribution in [3.8, 4) is 0 Å². The zero-order valence-corrected chi connectivity index (χ0v) is 7.24. The van der Waals surface area contributed by atoms with Crippen LogP contribution in [0.25, 0.3) is 0 Å². The van der Waals surface area contributed by atoms with E-state index in [4.69, 9.17) is 5.11 Å². The molecule has 1 rings (SSSR count). The molecule has 0 radical (unpaired) electrons. The lowest BCUT2D eigenvalue weighted by Crippen LogP contribution is -1.97. The van der Waals surface area contributed by atoms with Gasteiger partial charge in [0.15, 0.2) is 0 Å². The Morgan fingerprint density at radius 3 is 2.46 bits per heavy atom. The fourth-order valence-electron chi connectivity index (χ4n) is 1.03. The van der Waals surface area contributed by atoms with Crippen molar-refractivity contribution in [2.45, 2.75) is 27.2 Å². The zero-order valence-electron chi connectivity index (χ0n) is 7.24. The van der Waals surface area contributed by atoms with Crippen molar-refractivity contribution >= 4 is 5.97 Å². The molecule has 0 aromatic heterocycles. The first-order valence-corrected chi connectivity index (χ1v) is 3.94. The number of carboxylic acid groups (broad SMARTS) is 1. The third kappa shape index (κ3) is 2.90. The monoisotopic (exact) mass is 180 g/mol. The molecule has 0 aliphatic heterocycles. The van der Waals surface area contributed by atoms with Crippen LogP contribution in [0.3, 0.4) is 0 Å². The highest BCUT2D eigenvalue weighted by Crippen LogP contribution is 2.15. The van der Waals surface area contributed by atoms with Crippen LogP contribution in [0.5, 0.6) is 0 Å². The van der Waals surface area contributed by atoms with Gasteiger partial charge in [0.2, 0.25) is 0 Å². The Balaban J connectivity index is 0.00000144. The second kappa shape index (κ2) is 4.65. The molecule has 1 N–H and O–H groups in total. The van der Waals surface area contributed by atoms with Crippen LogP contribution in [0, 0.1) is 0 Å². The van der Waals surface area contributed by atoms with Crippen LogP contribution < -0.4 is 0 Å². The van der Waals surface area contributed by atoms with Crippen molar-refractivity contribution in [1.29, 1.82) is 0 Å². The van der Waals surface area contributed by atoms with Gasteiger partial charge in [0, 0.05) is 0 Å². The average Bonchev–Trinajstić information content (AvgIpc) is 2.04. The highest BCUT2D eigenvalue weighted by molar-refractivity contribution is 5.87. The lowest BCUT2D eigenvalue weighted by Gasteiger charge is -2.04. The van der Waals surface area contributed by atoms with E-state index in [1.165, 1.54) is 0 Å². The molecule has 0 saturated carbocycles. The van der Waals surface area contributed by atoms with Crippen molar-refractivity contribution in [2.75, 3.05) is 0 Å². The lowest BCUT2D eigenvalue weighted by atomic mass is 10.0. The number of hydrogen-bond donors (Lipinski definition) is 1. The SMILES string of the molecule is C.CC(C)c1cccc(C(=O)O)c1. The maximum absolute atomic E-state index is 10.6. The van der Waals surface area contributed by atoms with Crippen LogP contribution in [0.1, 0.15) is 43.1 Å². The van der Waals surface area contributed by atoms with Gasteiger partial charge in [-0.15, -0.1) is 0 Å². The standard InChI is InChI=1S/C10H12O2.CH4/c1-7(2)8-4-3-5-9(6-8)10(11)12;/h3-7H,1-2H3,(H,11,12);1H4. The first kappa shape index (κ1) is 11.7. The summed E-state index contributed by atoms with van der Waals surface area (Å²) in [5.74, 6) is -0.484. The van der Waals surface area contributed by atoms with Gasteiger partial charge in [-0.05, 0) is 23.6 Å². The molecule has 13 heavy (non-hydrogen) atoms. The maximum atomic E-state index is 10.6. The number of rotatable bonds is 2. The third-order valence-corrected chi connectivity index (χ3v) is 1.80. The highest BCUT2D eigenvalue weighted by Gasteiger charge is 2.04. The number of hydrogen-bond acceptors (Lipinski definition) is 1. The summed E-state index contributed by atoms with van der Waals surface area (Å²) in [4.78, 5) is 10.6. The fraction of sp³-hybridized carbons (Fsp3) is 0.364. The lowest BCUT2D eigenvalue weighted by molar-refractivity contribution is 0.0697. The van der Waals surface area contributed by atoms with E-state index >= 15 is 0 Å². The summed E-state index contributed by atoms with van der Waals surface area (Å²) in [6.07, 6.45) is 0. The van der Waals surface area contributed by atoms with E-state index in [0.29, 0.717) is 11.5 Å². The number of benzene rings is 1. The molecule has 0 aliphatic carbocycles. The van der Waals surface area contributed by atoms with Crippen LogP contribution in [-0.4, -0.2) is 11.1 Å². The Bertz CT molecular complexity index is 290. The van der Waals surface area contributed by atoms with Gasteiger partial charge >= 0.3 is 5.97 Å². The molecule has 2 heteroatoms. The minimum Gasteiger partial charge on any atom is -0.478 e. The summed E-state index contributed by atoms with van der Waals surface area (Å²) in [6, 6.07) is 7.04. The summed E-state index contributed by atoms with van der Waals surface area (Å²) >= 11 is 0. The van der Waals surface area contributed by atoms with Crippen LogP contribution in [0.2, 0.25) is 0 Å². The van der Waals surface area contributed by atoms with E-state index in [1.54, 1.807) is 18.2 Å². The Morgan fingerprint density at radius 1 is 1.38 bits per heavy atom. The van der Waals surface area contributed by atoms with Gasteiger partial charge in [-0.1, -0.05) is 33.4 Å². The molecule has 0 aliphatic rings.